The SMILES string of the molecule is CCc1nc(C)sc1C(=O)NCCN1CCC(c2ccccc2C)C1. The Labute approximate surface area is 154 Å². The number of nitrogens with zero attached hydrogens (tertiary/aromatic N) is 2. The van der Waals surface area contributed by atoms with Crippen LogP contribution < -0.4 is 5.32 Å². The van der Waals surface area contributed by atoms with Crippen LogP contribution in [-0.2, 0) is 6.42 Å². The van der Waals surface area contributed by atoms with Gasteiger partial charge < -0.3 is 10.2 Å². The molecule has 1 saturated heterocycles. The predicted molar refractivity (Wildman–Crippen MR) is 104 cm³/mol. The summed E-state index contributed by atoms with van der Waals surface area (Å²) < 4.78 is 0. The number of hydrogen-bond donors (Lipinski definition) is 1. The van der Waals surface area contributed by atoms with Gasteiger partial charge in [0.15, 0.2) is 0 Å². The van der Waals surface area contributed by atoms with Crippen molar-refractivity contribution in [1.82, 2.24) is 15.2 Å². The van der Waals surface area contributed by atoms with Gasteiger partial charge >= 0.3 is 0 Å². The van der Waals surface area contributed by atoms with E-state index in [1.165, 1.54) is 28.9 Å². The highest BCUT2D eigenvalue weighted by atomic mass is 32.1. The molecule has 4 nitrogen and oxygen atoms in total. The molecule has 1 aromatic heterocycles. The molecule has 0 spiro atoms. The fourth-order valence-electron chi connectivity index (χ4n) is 3.63. The molecule has 25 heavy (non-hydrogen) atoms. The first kappa shape index (κ1) is 18.1. The zero-order valence-electron chi connectivity index (χ0n) is 15.3. The summed E-state index contributed by atoms with van der Waals surface area (Å²) in [7, 11) is 0. The fourth-order valence-corrected chi connectivity index (χ4v) is 4.55. The molecule has 0 aliphatic carbocycles. The quantitative estimate of drug-likeness (QED) is 0.860. The van der Waals surface area contributed by atoms with Crippen molar-refractivity contribution in [1.29, 1.82) is 0 Å². The van der Waals surface area contributed by atoms with E-state index >= 15 is 0 Å². The third kappa shape index (κ3) is 4.28. The topological polar surface area (TPSA) is 45.2 Å². The maximum Gasteiger partial charge on any atom is 0.263 e. The second-order valence-corrected chi connectivity index (χ2v) is 7.96. The maximum atomic E-state index is 12.4. The van der Waals surface area contributed by atoms with Crippen molar-refractivity contribution >= 4 is 17.2 Å². The molecule has 3 rings (SSSR count). The zero-order chi connectivity index (χ0) is 17.8. The lowest BCUT2D eigenvalue weighted by molar-refractivity contribution is 0.0952. The Morgan fingerprint density at radius 2 is 2.16 bits per heavy atom. The Hall–Kier alpha value is -1.72. The Kier molecular flexibility index (Phi) is 5.86. The second kappa shape index (κ2) is 8.11. The van der Waals surface area contributed by atoms with E-state index in [1.54, 1.807) is 0 Å². The van der Waals surface area contributed by atoms with Gasteiger partial charge in [0, 0.05) is 19.6 Å². The molecule has 0 bridgehead atoms. The number of aryl methyl sites for hydroxylation is 3. The highest BCUT2D eigenvalue weighted by Crippen LogP contribution is 2.28. The van der Waals surface area contributed by atoms with Crippen LogP contribution in [0.5, 0.6) is 0 Å². The summed E-state index contributed by atoms with van der Waals surface area (Å²) in [5.41, 5.74) is 3.78. The molecule has 0 saturated carbocycles. The number of amides is 1. The monoisotopic (exact) mass is 357 g/mol. The summed E-state index contributed by atoms with van der Waals surface area (Å²) in [4.78, 5) is 20.0. The summed E-state index contributed by atoms with van der Waals surface area (Å²) in [5, 5.41) is 4.03. The molecule has 2 heterocycles. The summed E-state index contributed by atoms with van der Waals surface area (Å²) in [6.07, 6.45) is 2.00. The van der Waals surface area contributed by atoms with Crippen LogP contribution in [0.4, 0.5) is 0 Å². The molecule has 1 aliphatic rings. The van der Waals surface area contributed by atoms with Crippen molar-refractivity contribution in [3.63, 3.8) is 0 Å². The number of likely N-dealkylation sites (tertiary alicyclic amines) is 1. The van der Waals surface area contributed by atoms with Gasteiger partial charge in [-0.3, -0.25) is 4.79 Å². The minimum atomic E-state index is 0.0251. The minimum Gasteiger partial charge on any atom is -0.350 e. The van der Waals surface area contributed by atoms with Crippen LogP contribution in [0.25, 0.3) is 0 Å². The van der Waals surface area contributed by atoms with Crippen molar-refractivity contribution in [2.24, 2.45) is 0 Å². The first-order chi connectivity index (χ1) is 12.1. The number of aromatic nitrogens is 1. The van der Waals surface area contributed by atoms with Gasteiger partial charge in [0.1, 0.15) is 4.88 Å². The number of nitrogens with one attached hydrogen (secondary N) is 1. The third-order valence-corrected chi connectivity index (χ3v) is 5.97. The average Bonchev–Trinajstić information content (AvgIpc) is 3.21. The number of thiazole rings is 1. The minimum absolute atomic E-state index is 0.0251. The van der Waals surface area contributed by atoms with Crippen LogP contribution in [0.15, 0.2) is 24.3 Å². The van der Waals surface area contributed by atoms with E-state index in [2.05, 4.69) is 46.4 Å². The highest BCUT2D eigenvalue weighted by molar-refractivity contribution is 7.13. The molecule has 1 aromatic carbocycles. The van der Waals surface area contributed by atoms with E-state index in [1.807, 2.05) is 13.8 Å². The highest BCUT2D eigenvalue weighted by Gasteiger charge is 2.24. The Bertz CT molecular complexity index is 740. The molecule has 1 unspecified atom stereocenters. The van der Waals surface area contributed by atoms with E-state index < -0.39 is 0 Å². The molecule has 5 heteroatoms. The van der Waals surface area contributed by atoms with Gasteiger partial charge in [-0.05, 0) is 50.3 Å². The molecule has 1 amide bonds. The van der Waals surface area contributed by atoms with Crippen molar-refractivity contribution < 1.29 is 4.79 Å². The van der Waals surface area contributed by atoms with E-state index in [9.17, 15) is 4.79 Å². The van der Waals surface area contributed by atoms with Crippen LogP contribution in [0.1, 0.15) is 50.8 Å². The fraction of sp³-hybridized carbons (Fsp3) is 0.500. The molecule has 1 aliphatic heterocycles. The van der Waals surface area contributed by atoms with Gasteiger partial charge in [-0.15, -0.1) is 11.3 Å². The second-order valence-electron chi connectivity index (χ2n) is 6.76. The average molecular weight is 358 g/mol. The summed E-state index contributed by atoms with van der Waals surface area (Å²) in [6.45, 7) is 9.99. The normalized spacial score (nSPS) is 17.8. The van der Waals surface area contributed by atoms with Gasteiger partial charge in [0.05, 0.1) is 10.7 Å². The third-order valence-electron chi connectivity index (χ3n) is 4.96. The molecule has 1 N–H and O–H groups in total. The first-order valence-electron chi connectivity index (χ1n) is 9.11. The van der Waals surface area contributed by atoms with Crippen LogP contribution in [0, 0.1) is 13.8 Å². The largest absolute Gasteiger partial charge is 0.350 e. The van der Waals surface area contributed by atoms with Crippen molar-refractivity contribution in [2.75, 3.05) is 26.2 Å². The smallest absolute Gasteiger partial charge is 0.263 e. The van der Waals surface area contributed by atoms with Crippen LogP contribution >= 0.6 is 11.3 Å². The van der Waals surface area contributed by atoms with E-state index in [-0.39, 0.29) is 5.91 Å². The maximum absolute atomic E-state index is 12.4. The van der Waals surface area contributed by atoms with E-state index in [0.717, 1.165) is 41.6 Å². The molecular formula is C20H27N3OS. The summed E-state index contributed by atoms with van der Waals surface area (Å²) >= 11 is 1.49. The number of rotatable bonds is 6. The van der Waals surface area contributed by atoms with Gasteiger partial charge in [0.25, 0.3) is 5.91 Å². The first-order valence-corrected chi connectivity index (χ1v) is 9.92. The van der Waals surface area contributed by atoms with Crippen LogP contribution in [0.2, 0.25) is 0 Å². The zero-order valence-corrected chi connectivity index (χ0v) is 16.2. The van der Waals surface area contributed by atoms with Crippen molar-refractivity contribution in [2.45, 2.75) is 39.5 Å². The van der Waals surface area contributed by atoms with Gasteiger partial charge in [-0.1, -0.05) is 31.2 Å². The number of hydrogen-bond acceptors (Lipinski definition) is 4. The van der Waals surface area contributed by atoms with Crippen LogP contribution in [0.3, 0.4) is 0 Å². The molecule has 2 aromatic rings. The van der Waals surface area contributed by atoms with E-state index in [4.69, 9.17) is 0 Å². The Morgan fingerprint density at radius 1 is 1.36 bits per heavy atom. The summed E-state index contributed by atoms with van der Waals surface area (Å²) in [6, 6.07) is 8.69. The molecule has 1 atom stereocenters. The summed E-state index contributed by atoms with van der Waals surface area (Å²) in [5.74, 6) is 0.643. The molecule has 1 fully saturated rings. The van der Waals surface area contributed by atoms with E-state index in [0.29, 0.717) is 12.5 Å². The van der Waals surface area contributed by atoms with Gasteiger partial charge in [0.2, 0.25) is 0 Å². The standard InChI is InChI=1S/C20H27N3OS/c1-4-18-19(25-15(3)22-18)20(24)21-10-12-23-11-9-16(13-23)17-8-6-5-7-14(17)2/h5-8,16H,4,9-13H2,1-3H3,(H,21,24). The molecule has 134 valence electrons. The Balaban J connectivity index is 1.48. The Morgan fingerprint density at radius 3 is 2.92 bits per heavy atom. The lowest BCUT2D eigenvalue weighted by atomic mass is 9.94. The number of carbonyl (C=O) groups is 1. The van der Waals surface area contributed by atoms with Gasteiger partial charge in [-0.25, -0.2) is 4.98 Å². The molecular weight excluding hydrogens is 330 g/mol. The van der Waals surface area contributed by atoms with Crippen molar-refractivity contribution in [3.05, 3.63) is 51.0 Å². The molecule has 0 radical (unpaired) electrons. The van der Waals surface area contributed by atoms with Crippen LogP contribution in [-0.4, -0.2) is 42.0 Å². The van der Waals surface area contributed by atoms with Gasteiger partial charge in [-0.2, -0.15) is 0 Å². The number of carbonyl (C=O) groups excluding carboxylic acids is 1. The lowest BCUT2D eigenvalue weighted by Crippen LogP contribution is -2.33. The number of benzene rings is 1. The lowest BCUT2D eigenvalue weighted by Gasteiger charge is -2.17. The predicted octanol–water partition coefficient (Wildman–Crippen LogP) is 3.54. The van der Waals surface area contributed by atoms with Crippen molar-refractivity contribution in [3.8, 4) is 0 Å².